The van der Waals surface area contributed by atoms with E-state index in [4.69, 9.17) is 17.3 Å². The fourth-order valence-electron chi connectivity index (χ4n) is 2.48. The van der Waals surface area contributed by atoms with Crippen molar-refractivity contribution < 1.29 is 4.79 Å². The smallest absolute Gasteiger partial charge is 0.253 e. The van der Waals surface area contributed by atoms with E-state index < -0.39 is 0 Å². The largest absolute Gasteiger partial charge is 0.397 e. The van der Waals surface area contributed by atoms with Crippen LogP contribution in [0.25, 0.3) is 0 Å². The minimum atomic E-state index is -0.301. The fraction of sp³-hybridized carbons (Fsp3) is 0.533. The number of hydrogen-bond acceptors (Lipinski definition) is 2. The second-order valence-electron chi connectivity index (χ2n) is 6.78. The molecule has 1 rings (SSSR count). The van der Waals surface area contributed by atoms with Crippen molar-refractivity contribution >= 4 is 23.2 Å². The summed E-state index contributed by atoms with van der Waals surface area (Å²) < 4.78 is 0. The Hall–Kier alpha value is -1.22. The number of nitrogens with one attached hydrogen (secondary N) is 1. The van der Waals surface area contributed by atoms with Crippen LogP contribution in [0.15, 0.2) is 18.2 Å². The molecule has 0 atom stereocenters. The van der Waals surface area contributed by atoms with E-state index in [2.05, 4.69) is 26.1 Å². The van der Waals surface area contributed by atoms with E-state index in [0.29, 0.717) is 16.3 Å². The molecule has 19 heavy (non-hydrogen) atoms. The Bertz CT molecular complexity index is 476. The molecule has 4 heteroatoms. The number of halogens is 1. The van der Waals surface area contributed by atoms with Gasteiger partial charge in [0.25, 0.3) is 5.91 Å². The van der Waals surface area contributed by atoms with Gasteiger partial charge >= 0.3 is 0 Å². The molecule has 0 radical (unpaired) electrons. The molecule has 0 unspecified atom stereocenters. The Kier molecular flexibility index (Phi) is 4.51. The molecular weight excluding hydrogens is 260 g/mol. The normalized spacial score (nSPS) is 12.3. The van der Waals surface area contributed by atoms with Crippen LogP contribution in [0.2, 0.25) is 5.02 Å². The zero-order valence-corrected chi connectivity index (χ0v) is 13.1. The fourth-order valence-corrected chi connectivity index (χ4v) is 2.65. The second kappa shape index (κ2) is 5.41. The number of hydrogen-bond donors (Lipinski definition) is 2. The van der Waals surface area contributed by atoms with Crippen LogP contribution in [0.5, 0.6) is 0 Å². The maximum absolute atomic E-state index is 12.3. The summed E-state index contributed by atoms with van der Waals surface area (Å²) in [7, 11) is 0. The molecule has 0 aromatic heterocycles. The molecule has 0 fully saturated rings. The Labute approximate surface area is 120 Å². The van der Waals surface area contributed by atoms with Gasteiger partial charge in [-0.05, 0) is 37.8 Å². The first kappa shape index (κ1) is 15.8. The number of nitrogens with two attached hydrogens (primary N) is 1. The van der Waals surface area contributed by atoms with Crippen molar-refractivity contribution in [2.24, 2.45) is 5.41 Å². The molecule has 1 amide bonds. The number of carbonyl (C=O) groups excluding carboxylic acids is 1. The van der Waals surface area contributed by atoms with E-state index in [9.17, 15) is 4.79 Å². The maximum atomic E-state index is 12.3. The van der Waals surface area contributed by atoms with Gasteiger partial charge in [0.1, 0.15) is 0 Å². The predicted molar refractivity (Wildman–Crippen MR) is 81.5 cm³/mol. The lowest BCUT2D eigenvalue weighted by Gasteiger charge is -2.33. The van der Waals surface area contributed by atoms with Crippen LogP contribution in [0, 0.1) is 5.41 Å². The quantitative estimate of drug-likeness (QED) is 0.827. The summed E-state index contributed by atoms with van der Waals surface area (Å²) in [6.45, 7) is 10.5. The van der Waals surface area contributed by atoms with E-state index in [-0.39, 0.29) is 16.9 Å². The Morgan fingerprint density at radius 3 is 2.37 bits per heavy atom. The highest BCUT2D eigenvalue weighted by Crippen LogP contribution is 2.28. The van der Waals surface area contributed by atoms with Crippen molar-refractivity contribution in [2.45, 2.75) is 46.6 Å². The monoisotopic (exact) mass is 282 g/mol. The highest BCUT2D eigenvalue weighted by atomic mass is 35.5. The SMILES string of the molecule is CC(C)(C)CC(C)(C)NC(=O)c1cccc(Cl)c1N. The highest BCUT2D eigenvalue weighted by Gasteiger charge is 2.28. The molecule has 3 nitrogen and oxygen atoms in total. The summed E-state index contributed by atoms with van der Waals surface area (Å²) >= 11 is 5.93. The summed E-state index contributed by atoms with van der Waals surface area (Å²) in [5.74, 6) is -0.186. The average Bonchev–Trinajstić information content (AvgIpc) is 2.17. The predicted octanol–water partition coefficient (Wildman–Crippen LogP) is 3.87. The molecule has 0 bridgehead atoms. The molecule has 106 valence electrons. The summed E-state index contributed by atoms with van der Waals surface area (Å²) in [6.07, 6.45) is 0.867. The van der Waals surface area contributed by atoms with Gasteiger partial charge < -0.3 is 11.1 Å². The second-order valence-corrected chi connectivity index (χ2v) is 7.18. The minimum absolute atomic E-state index is 0.136. The van der Waals surface area contributed by atoms with Crippen molar-refractivity contribution in [3.63, 3.8) is 0 Å². The van der Waals surface area contributed by atoms with Crippen molar-refractivity contribution in [1.82, 2.24) is 5.32 Å². The Morgan fingerprint density at radius 1 is 1.26 bits per heavy atom. The van der Waals surface area contributed by atoms with Crippen LogP contribution in [0.4, 0.5) is 5.69 Å². The number of nitrogen functional groups attached to an aromatic ring is 1. The van der Waals surface area contributed by atoms with Gasteiger partial charge in [-0.3, -0.25) is 4.79 Å². The molecule has 0 heterocycles. The van der Waals surface area contributed by atoms with E-state index >= 15 is 0 Å². The topological polar surface area (TPSA) is 55.1 Å². The van der Waals surface area contributed by atoms with Crippen molar-refractivity contribution in [3.05, 3.63) is 28.8 Å². The van der Waals surface area contributed by atoms with E-state index in [1.165, 1.54) is 0 Å². The summed E-state index contributed by atoms with van der Waals surface area (Å²) in [6, 6.07) is 5.09. The third-order valence-electron chi connectivity index (χ3n) is 2.72. The van der Waals surface area contributed by atoms with E-state index in [1.807, 2.05) is 13.8 Å². The lowest BCUT2D eigenvalue weighted by atomic mass is 9.81. The van der Waals surface area contributed by atoms with E-state index in [1.54, 1.807) is 18.2 Å². The number of carbonyl (C=O) groups is 1. The van der Waals surface area contributed by atoms with Crippen molar-refractivity contribution in [3.8, 4) is 0 Å². The third-order valence-corrected chi connectivity index (χ3v) is 3.05. The molecule has 0 aliphatic rings. The molecule has 0 aliphatic heterocycles. The average molecular weight is 283 g/mol. The minimum Gasteiger partial charge on any atom is -0.397 e. The maximum Gasteiger partial charge on any atom is 0.253 e. The van der Waals surface area contributed by atoms with Crippen LogP contribution in [-0.2, 0) is 0 Å². The van der Waals surface area contributed by atoms with Gasteiger partial charge in [-0.2, -0.15) is 0 Å². The van der Waals surface area contributed by atoms with Gasteiger partial charge in [0.05, 0.1) is 16.3 Å². The highest BCUT2D eigenvalue weighted by molar-refractivity contribution is 6.33. The zero-order chi connectivity index (χ0) is 14.8. The number of anilines is 1. The molecule has 3 N–H and O–H groups in total. The van der Waals surface area contributed by atoms with Gasteiger partial charge in [0.15, 0.2) is 0 Å². The molecule has 0 saturated carbocycles. The van der Waals surface area contributed by atoms with Crippen LogP contribution in [0.3, 0.4) is 0 Å². The number of para-hydroxylation sites is 1. The summed E-state index contributed by atoms with van der Waals surface area (Å²) in [5, 5.41) is 3.42. The van der Waals surface area contributed by atoms with Crippen LogP contribution < -0.4 is 11.1 Å². The summed E-state index contributed by atoms with van der Waals surface area (Å²) in [4.78, 5) is 12.3. The first-order valence-electron chi connectivity index (χ1n) is 6.38. The van der Waals surface area contributed by atoms with Crippen LogP contribution in [0.1, 0.15) is 51.4 Å². The Morgan fingerprint density at radius 2 is 1.84 bits per heavy atom. The van der Waals surface area contributed by atoms with Gasteiger partial charge in [0, 0.05) is 5.54 Å². The molecular formula is C15H23ClN2O. The first-order valence-corrected chi connectivity index (χ1v) is 6.76. The van der Waals surface area contributed by atoms with Crippen molar-refractivity contribution in [1.29, 1.82) is 0 Å². The van der Waals surface area contributed by atoms with E-state index in [0.717, 1.165) is 6.42 Å². The Balaban J connectivity index is 2.88. The molecule has 0 spiro atoms. The lowest BCUT2D eigenvalue weighted by molar-refractivity contribution is 0.0892. The van der Waals surface area contributed by atoms with Gasteiger partial charge in [-0.15, -0.1) is 0 Å². The first-order chi connectivity index (χ1) is 8.52. The molecule has 1 aromatic carbocycles. The van der Waals surface area contributed by atoms with Gasteiger partial charge in [-0.25, -0.2) is 0 Å². The van der Waals surface area contributed by atoms with Gasteiger partial charge in [0.2, 0.25) is 0 Å². The van der Waals surface area contributed by atoms with Crippen LogP contribution in [-0.4, -0.2) is 11.4 Å². The van der Waals surface area contributed by atoms with Crippen molar-refractivity contribution in [2.75, 3.05) is 5.73 Å². The lowest BCUT2D eigenvalue weighted by Crippen LogP contribution is -2.46. The third kappa shape index (κ3) is 4.75. The number of benzene rings is 1. The zero-order valence-electron chi connectivity index (χ0n) is 12.3. The molecule has 0 saturated heterocycles. The number of rotatable bonds is 3. The standard InChI is InChI=1S/C15H23ClN2O/c1-14(2,3)9-15(4,5)18-13(19)10-7-6-8-11(16)12(10)17/h6-8H,9,17H2,1-5H3,(H,18,19). The summed E-state index contributed by atoms with van der Waals surface area (Å²) in [5.41, 5.74) is 6.42. The molecule has 1 aromatic rings. The number of amides is 1. The van der Waals surface area contributed by atoms with Gasteiger partial charge in [-0.1, -0.05) is 38.4 Å². The van der Waals surface area contributed by atoms with Crippen LogP contribution >= 0.6 is 11.6 Å². The molecule has 0 aliphatic carbocycles.